The third-order valence-corrected chi connectivity index (χ3v) is 8.26. The minimum absolute atomic E-state index is 0.0383. The number of carbonyl (C=O) groups is 3. The van der Waals surface area contributed by atoms with Gasteiger partial charge in [0.05, 0.1) is 26.8 Å². The molecule has 41 heavy (non-hydrogen) atoms. The summed E-state index contributed by atoms with van der Waals surface area (Å²) < 4.78 is 46.2. The molecule has 214 valence electrons. The predicted molar refractivity (Wildman–Crippen MR) is 144 cm³/mol. The highest BCUT2D eigenvalue weighted by Crippen LogP contribution is 2.28. The number of carbonyl (C=O) groups excluding carboxylic acids is 3. The lowest BCUT2D eigenvalue weighted by Gasteiger charge is -2.28. The van der Waals surface area contributed by atoms with Crippen molar-refractivity contribution in [2.24, 2.45) is 10.3 Å². The minimum atomic E-state index is -4.01. The van der Waals surface area contributed by atoms with Gasteiger partial charge in [-0.2, -0.15) is 0 Å². The summed E-state index contributed by atoms with van der Waals surface area (Å²) in [7, 11) is -7.93. The molecule has 1 aliphatic rings. The van der Waals surface area contributed by atoms with Crippen molar-refractivity contribution >= 4 is 49.1 Å². The highest BCUT2D eigenvalue weighted by Gasteiger charge is 2.44. The SMILES string of the molecule is NS(=O)(=O)c1ccc(CCN(C(=O)c2ccc([N+](=O)[O-])cc2)C2CC(=O)N(c3ccc(S(N)(=O)=O)cc3)C2=O)cc1. The van der Waals surface area contributed by atoms with E-state index in [1.165, 1.54) is 53.4 Å². The Morgan fingerprint density at radius 1 is 0.878 bits per heavy atom. The van der Waals surface area contributed by atoms with Gasteiger partial charge in [0.2, 0.25) is 26.0 Å². The maximum Gasteiger partial charge on any atom is 0.269 e. The van der Waals surface area contributed by atoms with Gasteiger partial charge in [-0.3, -0.25) is 24.5 Å². The molecule has 0 spiro atoms. The average molecular weight is 602 g/mol. The molecular weight excluding hydrogens is 578 g/mol. The maximum absolute atomic E-state index is 13.6. The van der Waals surface area contributed by atoms with Crippen molar-refractivity contribution in [1.82, 2.24) is 4.90 Å². The van der Waals surface area contributed by atoms with Gasteiger partial charge in [-0.25, -0.2) is 32.0 Å². The molecule has 0 aromatic heterocycles. The molecule has 1 heterocycles. The molecule has 3 aromatic carbocycles. The molecule has 3 amide bonds. The van der Waals surface area contributed by atoms with E-state index in [1.807, 2.05) is 0 Å². The van der Waals surface area contributed by atoms with Crippen LogP contribution in [-0.4, -0.2) is 57.0 Å². The van der Waals surface area contributed by atoms with E-state index in [0.29, 0.717) is 5.56 Å². The Labute approximate surface area is 234 Å². The summed E-state index contributed by atoms with van der Waals surface area (Å²) in [6.07, 6.45) is -0.219. The van der Waals surface area contributed by atoms with E-state index >= 15 is 0 Å². The molecule has 1 aliphatic heterocycles. The fraction of sp³-hybridized carbons (Fsp3) is 0.160. The third kappa shape index (κ3) is 6.46. The largest absolute Gasteiger partial charge is 0.326 e. The van der Waals surface area contributed by atoms with Gasteiger partial charge in [-0.1, -0.05) is 12.1 Å². The second kappa shape index (κ2) is 11.2. The van der Waals surface area contributed by atoms with Crippen LogP contribution >= 0.6 is 0 Å². The first-order valence-corrected chi connectivity index (χ1v) is 14.9. The summed E-state index contributed by atoms with van der Waals surface area (Å²) in [6.45, 7) is -0.0770. The Morgan fingerprint density at radius 2 is 1.39 bits per heavy atom. The number of non-ortho nitro benzene ring substituents is 1. The zero-order chi connectivity index (χ0) is 30.1. The van der Waals surface area contributed by atoms with Gasteiger partial charge in [0.1, 0.15) is 6.04 Å². The standard InChI is InChI=1S/C25H23N5O9S2/c26-40(36,37)20-9-1-16(2-10-20)13-14-28(24(32)17-3-5-19(6-4-17)30(34)35)22-15-23(31)29(25(22)33)18-7-11-21(12-8-18)41(27,38)39/h1-12,22H,13-15H2,(H2,26,36,37)(H2,27,38,39). The Kier molecular flexibility index (Phi) is 8.03. The summed E-state index contributed by atoms with van der Waals surface area (Å²) in [5, 5.41) is 21.3. The quantitative estimate of drug-likeness (QED) is 0.202. The van der Waals surface area contributed by atoms with Gasteiger partial charge in [0.25, 0.3) is 17.5 Å². The molecular formula is C25H23N5O9S2. The number of nitrogens with zero attached hydrogens (tertiary/aromatic N) is 3. The number of benzene rings is 3. The second-order valence-electron chi connectivity index (χ2n) is 9.07. The van der Waals surface area contributed by atoms with Gasteiger partial charge in [0, 0.05) is 24.2 Å². The van der Waals surface area contributed by atoms with E-state index in [0.717, 1.165) is 29.2 Å². The highest BCUT2D eigenvalue weighted by atomic mass is 32.2. The molecule has 3 aromatic rings. The number of nitrogens with two attached hydrogens (primary N) is 2. The van der Waals surface area contributed by atoms with Crippen molar-refractivity contribution in [3.05, 3.63) is 94.0 Å². The monoisotopic (exact) mass is 601 g/mol. The average Bonchev–Trinajstić information content (AvgIpc) is 3.21. The van der Waals surface area contributed by atoms with Crippen molar-refractivity contribution in [3.8, 4) is 0 Å². The van der Waals surface area contributed by atoms with Crippen molar-refractivity contribution in [2.45, 2.75) is 28.7 Å². The molecule has 1 unspecified atom stereocenters. The number of primary sulfonamides is 2. The summed E-state index contributed by atoms with van der Waals surface area (Å²) in [4.78, 5) is 52.1. The van der Waals surface area contributed by atoms with Gasteiger partial charge in [-0.05, 0) is 60.5 Å². The molecule has 16 heteroatoms. The van der Waals surface area contributed by atoms with Crippen LogP contribution < -0.4 is 15.2 Å². The normalized spacial score (nSPS) is 15.7. The molecule has 4 rings (SSSR count). The number of amides is 3. The number of nitro benzene ring substituents is 1. The number of imide groups is 1. The summed E-state index contributed by atoms with van der Waals surface area (Å²) in [5.74, 6) is -2.04. The van der Waals surface area contributed by atoms with Crippen LogP contribution in [0.1, 0.15) is 22.3 Å². The number of rotatable bonds is 9. The zero-order valence-corrected chi connectivity index (χ0v) is 22.7. The second-order valence-corrected chi connectivity index (χ2v) is 12.2. The lowest BCUT2D eigenvalue weighted by molar-refractivity contribution is -0.384. The first-order valence-electron chi connectivity index (χ1n) is 11.8. The Balaban J connectivity index is 1.64. The lowest BCUT2D eigenvalue weighted by Crippen LogP contribution is -2.46. The van der Waals surface area contributed by atoms with Crippen LogP contribution in [0.15, 0.2) is 82.6 Å². The van der Waals surface area contributed by atoms with Crippen LogP contribution in [0.2, 0.25) is 0 Å². The molecule has 4 N–H and O–H groups in total. The Hall–Kier alpha value is -4.51. The van der Waals surface area contributed by atoms with Crippen molar-refractivity contribution < 1.29 is 36.1 Å². The van der Waals surface area contributed by atoms with Crippen LogP contribution in [0.3, 0.4) is 0 Å². The zero-order valence-electron chi connectivity index (χ0n) is 21.1. The van der Waals surface area contributed by atoms with Crippen LogP contribution in [-0.2, 0) is 36.1 Å². The van der Waals surface area contributed by atoms with Crippen LogP contribution in [0.5, 0.6) is 0 Å². The van der Waals surface area contributed by atoms with E-state index < -0.39 is 48.7 Å². The van der Waals surface area contributed by atoms with Crippen LogP contribution in [0.4, 0.5) is 11.4 Å². The van der Waals surface area contributed by atoms with E-state index in [9.17, 15) is 41.3 Å². The van der Waals surface area contributed by atoms with Gasteiger partial charge < -0.3 is 4.90 Å². The number of sulfonamides is 2. The minimum Gasteiger partial charge on any atom is -0.326 e. The summed E-state index contributed by atoms with van der Waals surface area (Å²) in [6, 6.07) is 13.9. The van der Waals surface area contributed by atoms with E-state index in [1.54, 1.807) is 0 Å². The first-order chi connectivity index (χ1) is 19.2. The van der Waals surface area contributed by atoms with Crippen LogP contribution in [0.25, 0.3) is 0 Å². The summed E-state index contributed by atoms with van der Waals surface area (Å²) in [5.41, 5.74) is 0.475. The topological polar surface area (TPSA) is 221 Å². The molecule has 0 aliphatic carbocycles. The van der Waals surface area contributed by atoms with Crippen molar-refractivity contribution in [1.29, 1.82) is 0 Å². The van der Waals surface area contributed by atoms with Crippen LogP contribution in [0, 0.1) is 10.1 Å². The van der Waals surface area contributed by atoms with Gasteiger partial charge >= 0.3 is 0 Å². The predicted octanol–water partition coefficient (Wildman–Crippen LogP) is 0.907. The smallest absolute Gasteiger partial charge is 0.269 e. The molecule has 0 bridgehead atoms. The molecule has 14 nitrogen and oxygen atoms in total. The molecule has 1 fully saturated rings. The molecule has 0 radical (unpaired) electrons. The Morgan fingerprint density at radius 3 is 1.88 bits per heavy atom. The van der Waals surface area contributed by atoms with E-state index in [2.05, 4.69) is 0 Å². The molecule has 0 saturated carbocycles. The van der Waals surface area contributed by atoms with Gasteiger partial charge in [0.15, 0.2) is 0 Å². The molecule has 1 atom stereocenters. The highest BCUT2D eigenvalue weighted by molar-refractivity contribution is 7.89. The third-order valence-electron chi connectivity index (χ3n) is 6.40. The van der Waals surface area contributed by atoms with Crippen molar-refractivity contribution in [2.75, 3.05) is 11.4 Å². The summed E-state index contributed by atoms with van der Waals surface area (Å²) >= 11 is 0. The van der Waals surface area contributed by atoms with Gasteiger partial charge in [-0.15, -0.1) is 0 Å². The maximum atomic E-state index is 13.6. The molecule has 1 saturated heterocycles. The van der Waals surface area contributed by atoms with E-state index in [4.69, 9.17) is 10.3 Å². The Bertz CT molecular complexity index is 1740. The number of nitro groups is 1. The van der Waals surface area contributed by atoms with Crippen molar-refractivity contribution in [3.63, 3.8) is 0 Å². The number of hydrogen-bond donors (Lipinski definition) is 2. The number of hydrogen-bond acceptors (Lipinski definition) is 9. The van der Waals surface area contributed by atoms with E-state index in [-0.39, 0.29) is 46.1 Å². The fourth-order valence-electron chi connectivity index (χ4n) is 4.30. The first kappa shape index (κ1) is 29.5. The lowest BCUT2D eigenvalue weighted by atomic mass is 10.1. The fourth-order valence-corrected chi connectivity index (χ4v) is 5.33. The number of anilines is 1.